The van der Waals surface area contributed by atoms with E-state index in [0.29, 0.717) is 18.7 Å². The van der Waals surface area contributed by atoms with Crippen molar-refractivity contribution in [3.63, 3.8) is 0 Å². The van der Waals surface area contributed by atoms with E-state index in [9.17, 15) is 9.59 Å². The molecule has 1 atom stereocenters. The van der Waals surface area contributed by atoms with Crippen LogP contribution in [0.3, 0.4) is 0 Å². The van der Waals surface area contributed by atoms with E-state index in [1.54, 1.807) is 0 Å². The molecule has 3 rings (SSSR count). The summed E-state index contributed by atoms with van der Waals surface area (Å²) >= 11 is 0. The zero-order valence-electron chi connectivity index (χ0n) is 18.5. The van der Waals surface area contributed by atoms with Gasteiger partial charge < -0.3 is 15.1 Å². The van der Waals surface area contributed by atoms with Crippen molar-refractivity contribution in [2.24, 2.45) is 5.92 Å². The van der Waals surface area contributed by atoms with Crippen LogP contribution in [0.4, 0.5) is 5.69 Å². The maximum absolute atomic E-state index is 13.2. The van der Waals surface area contributed by atoms with Crippen molar-refractivity contribution in [3.05, 3.63) is 65.2 Å². The number of carbonyl (C=O) groups excluding carboxylic acids is 2. The molecule has 0 aromatic heterocycles. The first-order valence-corrected chi connectivity index (χ1v) is 10.9. The summed E-state index contributed by atoms with van der Waals surface area (Å²) in [4.78, 5) is 30.1. The Kier molecular flexibility index (Phi) is 7.14. The molecule has 2 amide bonds. The van der Waals surface area contributed by atoms with Gasteiger partial charge in [-0.2, -0.15) is 0 Å². The van der Waals surface area contributed by atoms with Crippen LogP contribution in [0.15, 0.2) is 48.5 Å². The Morgan fingerprint density at radius 3 is 2.23 bits per heavy atom. The van der Waals surface area contributed by atoms with Gasteiger partial charge in [-0.05, 0) is 54.7 Å². The Morgan fingerprint density at radius 1 is 1.00 bits per heavy atom. The number of amides is 2. The molecule has 0 aliphatic carbocycles. The molecule has 1 aliphatic rings. The van der Waals surface area contributed by atoms with Gasteiger partial charge in [0.05, 0.1) is 0 Å². The Balaban J connectivity index is 1.62. The maximum atomic E-state index is 13.2. The van der Waals surface area contributed by atoms with Crippen LogP contribution in [0.2, 0.25) is 0 Å². The van der Waals surface area contributed by atoms with Gasteiger partial charge >= 0.3 is 0 Å². The SMILES string of the molecule is CCc1ccc(C(=O)N[C@H](C(=O)N2CCN(c3cccc(C)c3)CC2)C(C)C)cc1. The van der Waals surface area contributed by atoms with Crippen LogP contribution in [0.1, 0.15) is 42.3 Å². The van der Waals surface area contributed by atoms with Gasteiger partial charge in [-0.25, -0.2) is 0 Å². The average Bonchev–Trinajstić information content (AvgIpc) is 2.77. The molecule has 1 aliphatic heterocycles. The lowest BCUT2D eigenvalue weighted by Gasteiger charge is -2.38. The summed E-state index contributed by atoms with van der Waals surface area (Å²) in [5.74, 6) is -0.165. The highest BCUT2D eigenvalue weighted by Gasteiger charge is 2.31. The average molecular weight is 408 g/mol. The van der Waals surface area contributed by atoms with Gasteiger partial charge in [-0.1, -0.05) is 45.0 Å². The minimum Gasteiger partial charge on any atom is -0.368 e. The van der Waals surface area contributed by atoms with Crippen LogP contribution >= 0.6 is 0 Å². The fraction of sp³-hybridized carbons (Fsp3) is 0.440. The quantitative estimate of drug-likeness (QED) is 0.795. The molecule has 0 saturated carbocycles. The van der Waals surface area contributed by atoms with E-state index in [2.05, 4.69) is 48.3 Å². The zero-order valence-corrected chi connectivity index (χ0v) is 18.5. The third-order valence-electron chi connectivity index (χ3n) is 5.80. The first-order chi connectivity index (χ1) is 14.4. The minimum absolute atomic E-state index is 0.00687. The molecule has 2 aromatic carbocycles. The maximum Gasteiger partial charge on any atom is 0.251 e. The van der Waals surface area contributed by atoms with Crippen molar-refractivity contribution in [2.45, 2.75) is 40.2 Å². The van der Waals surface area contributed by atoms with Crippen LogP contribution in [0, 0.1) is 12.8 Å². The molecule has 0 unspecified atom stereocenters. The Morgan fingerprint density at radius 2 is 1.67 bits per heavy atom. The lowest BCUT2D eigenvalue weighted by Crippen LogP contribution is -2.56. The largest absolute Gasteiger partial charge is 0.368 e. The van der Waals surface area contributed by atoms with Gasteiger partial charge in [0.25, 0.3) is 5.91 Å². The molecule has 160 valence electrons. The third kappa shape index (κ3) is 5.21. The summed E-state index contributed by atoms with van der Waals surface area (Å²) in [7, 11) is 0. The molecule has 1 saturated heterocycles. The van der Waals surface area contributed by atoms with Crippen LogP contribution in [0.25, 0.3) is 0 Å². The molecule has 1 heterocycles. The van der Waals surface area contributed by atoms with E-state index in [-0.39, 0.29) is 17.7 Å². The van der Waals surface area contributed by atoms with E-state index >= 15 is 0 Å². The van der Waals surface area contributed by atoms with Gasteiger partial charge in [0.15, 0.2) is 0 Å². The summed E-state index contributed by atoms with van der Waals surface area (Å²) < 4.78 is 0. The van der Waals surface area contributed by atoms with Gasteiger partial charge in [0.2, 0.25) is 5.91 Å². The van der Waals surface area contributed by atoms with Crippen LogP contribution in [0.5, 0.6) is 0 Å². The van der Waals surface area contributed by atoms with Crippen molar-refractivity contribution >= 4 is 17.5 Å². The summed E-state index contributed by atoms with van der Waals surface area (Å²) in [6.07, 6.45) is 0.934. The fourth-order valence-electron chi connectivity index (χ4n) is 3.84. The minimum atomic E-state index is -0.520. The zero-order chi connectivity index (χ0) is 21.7. The van der Waals surface area contributed by atoms with Crippen molar-refractivity contribution in [2.75, 3.05) is 31.1 Å². The molecule has 0 bridgehead atoms. The molecular weight excluding hydrogens is 374 g/mol. The van der Waals surface area contributed by atoms with Crippen LogP contribution in [-0.2, 0) is 11.2 Å². The molecule has 0 radical (unpaired) electrons. The highest BCUT2D eigenvalue weighted by Crippen LogP contribution is 2.19. The van der Waals surface area contributed by atoms with Gasteiger partial charge in [-0.3, -0.25) is 9.59 Å². The molecule has 1 fully saturated rings. The van der Waals surface area contributed by atoms with Crippen LogP contribution in [-0.4, -0.2) is 48.9 Å². The Labute approximate surface area is 180 Å². The molecule has 30 heavy (non-hydrogen) atoms. The normalized spacial score (nSPS) is 15.2. The number of anilines is 1. The summed E-state index contributed by atoms with van der Waals surface area (Å²) in [6, 6.07) is 15.5. The fourth-order valence-corrected chi connectivity index (χ4v) is 3.84. The van der Waals surface area contributed by atoms with Crippen molar-refractivity contribution < 1.29 is 9.59 Å². The van der Waals surface area contributed by atoms with Gasteiger partial charge in [0, 0.05) is 37.4 Å². The lowest BCUT2D eigenvalue weighted by molar-refractivity contribution is -0.134. The molecular formula is C25H33N3O2. The second-order valence-corrected chi connectivity index (χ2v) is 8.40. The highest BCUT2D eigenvalue weighted by molar-refractivity contribution is 5.97. The summed E-state index contributed by atoms with van der Waals surface area (Å²) in [5.41, 5.74) is 4.22. The van der Waals surface area contributed by atoms with Gasteiger partial charge in [0.1, 0.15) is 6.04 Å². The van der Waals surface area contributed by atoms with E-state index < -0.39 is 6.04 Å². The number of nitrogens with zero attached hydrogens (tertiary/aromatic N) is 2. The molecule has 0 spiro atoms. The molecule has 5 heteroatoms. The number of aryl methyl sites for hydroxylation is 2. The number of nitrogens with one attached hydrogen (secondary N) is 1. The Bertz CT molecular complexity index is 868. The third-order valence-corrected chi connectivity index (χ3v) is 5.80. The number of benzene rings is 2. The number of hydrogen-bond acceptors (Lipinski definition) is 3. The van der Waals surface area contributed by atoms with E-state index in [4.69, 9.17) is 0 Å². The summed E-state index contributed by atoms with van der Waals surface area (Å²) in [6.45, 7) is 11.1. The van der Waals surface area contributed by atoms with Crippen LogP contribution < -0.4 is 10.2 Å². The second-order valence-electron chi connectivity index (χ2n) is 8.40. The topological polar surface area (TPSA) is 52.7 Å². The predicted octanol–water partition coefficient (Wildman–Crippen LogP) is 3.66. The number of carbonyl (C=O) groups is 2. The standard InChI is InChI=1S/C25H33N3O2/c1-5-20-9-11-21(12-10-20)24(29)26-23(18(2)3)25(30)28-15-13-27(14-16-28)22-8-6-7-19(4)17-22/h6-12,17-18,23H,5,13-16H2,1-4H3,(H,26,29)/t23-/m0/s1. The summed E-state index contributed by atoms with van der Waals surface area (Å²) in [5, 5.41) is 2.97. The van der Waals surface area contributed by atoms with Crippen molar-refractivity contribution in [1.82, 2.24) is 10.2 Å². The molecule has 2 aromatic rings. The number of hydrogen-bond donors (Lipinski definition) is 1. The lowest BCUT2D eigenvalue weighted by atomic mass is 10.0. The predicted molar refractivity (Wildman–Crippen MR) is 122 cm³/mol. The van der Waals surface area contributed by atoms with E-state index in [0.717, 1.165) is 19.5 Å². The van der Waals surface area contributed by atoms with Crippen molar-refractivity contribution in [1.29, 1.82) is 0 Å². The highest BCUT2D eigenvalue weighted by atomic mass is 16.2. The van der Waals surface area contributed by atoms with Crippen molar-refractivity contribution in [3.8, 4) is 0 Å². The van der Waals surface area contributed by atoms with Gasteiger partial charge in [-0.15, -0.1) is 0 Å². The Hall–Kier alpha value is -2.82. The smallest absolute Gasteiger partial charge is 0.251 e. The number of rotatable bonds is 6. The van der Waals surface area contributed by atoms with E-state index in [1.807, 2.05) is 43.0 Å². The first-order valence-electron chi connectivity index (χ1n) is 10.9. The van der Waals surface area contributed by atoms with E-state index in [1.165, 1.54) is 16.8 Å². The first kappa shape index (κ1) is 21.9. The molecule has 1 N–H and O–H groups in total. The molecule has 5 nitrogen and oxygen atoms in total. The monoisotopic (exact) mass is 407 g/mol. The second kappa shape index (κ2) is 9.79. The number of piperazine rings is 1.